The number of aryl methyl sites for hydroxylation is 1. The molecule has 1 aliphatic rings. The van der Waals surface area contributed by atoms with Crippen LogP contribution >= 0.6 is 0 Å². The second kappa shape index (κ2) is 9.70. The van der Waals surface area contributed by atoms with Gasteiger partial charge in [-0.2, -0.15) is 4.31 Å². The Kier molecular flexibility index (Phi) is 6.73. The zero-order valence-electron chi connectivity index (χ0n) is 18.1. The van der Waals surface area contributed by atoms with E-state index >= 15 is 0 Å². The van der Waals surface area contributed by atoms with Crippen LogP contribution in [0.15, 0.2) is 65.6 Å². The first-order valence-corrected chi connectivity index (χ1v) is 11.9. The van der Waals surface area contributed by atoms with Gasteiger partial charge in [-0.15, -0.1) is 0 Å². The minimum Gasteiger partial charge on any atom is -0.452 e. The van der Waals surface area contributed by atoms with Crippen molar-refractivity contribution < 1.29 is 27.5 Å². The molecule has 9 heteroatoms. The van der Waals surface area contributed by atoms with Crippen LogP contribution in [0.4, 0.5) is 5.69 Å². The Hall–Kier alpha value is -3.27. The van der Waals surface area contributed by atoms with Crippen LogP contribution in [0.2, 0.25) is 0 Å². The summed E-state index contributed by atoms with van der Waals surface area (Å²) in [6.07, 6.45) is 0. The van der Waals surface area contributed by atoms with E-state index in [2.05, 4.69) is 5.32 Å². The molecule has 1 fully saturated rings. The number of hydrogen-bond donors (Lipinski definition) is 1. The second-order valence-electron chi connectivity index (χ2n) is 7.64. The third-order valence-electron chi connectivity index (χ3n) is 5.43. The third kappa shape index (κ3) is 5.05. The van der Waals surface area contributed by atoms with Gasteiger partial charge in [-0.3, -0.25) is 4.79 Å². The van der Waals surface area contributed by atoms with Crippen molar-refractivity contribution in [2.24, 2.45) is 0 Å². The number of hydrogen-bond acceptors (Lipinski definition) is 6. The number of sulfonamides is 1. The molecular formula is C24H24N2O6S. The van der Waals surface area contributed by atoms with Crippen molar-refractivity contribution >= 4 is 38.4 Å². The highest BCUT2D eigenvalue weighted by molar-refractivity contribution is 7.89. The van der Waals surface area contributed by atoms with E-state index in [1.165, 1.54) is 16.4 Å². The van der Waals surface area contributed by atoms with Crippen LogP contribution < -0.4 is 5.32 Å². The highest BCUT2D eigenvalue weighted by atomic mass is 32.2. The van der Waals surface area contributed by atoms with Crippen molar-refractivity contribution in [2.45, 2.75) is 11.8 Å². The Labute approximate surface area is 192 Å². The molecular weight excluding hydrogens is 444 g/mol. The number of esters is 1. The summed E-state index contributed by atoms with van der Waals surface area (Å²) >= 11 is 0. The first-order chi connectivity index (χ1) is 15.9. The number of anilines is 1. The van der Waals surface area contributed by atoms with Crippen molar-refractivity contribution in [3.05, 3.63) is 71.8 Å². The SMILES string of the molecule is Cc1ccc(S(=O)(=O)N2CCOCC2)cc1NC(=O)COC(=O)c1cccc2ccccc12. The lowest BCUT2D eigenvalue weighted by atomic mass is 10.1. The number of ether oxygens (including phenoxy) is 2. The van der Waals surface area contributed by atoms with Crippen molar-refractivity contribution in [2.75, 3.05) is 38.2 Å². The van der Waals surface area contributed by atoms with Gasteiger partial charge in [-0.1, -0.05) is 42.5 Å². The second-order valence-corrected chi connectivity index (χ2v) is 9.58. The summed E-state index contributed by atoms with van der Waals surface area (Å²) in [5.74, 6) is -1.17. The first kappa shape index (κ1) is 22.9. The molecule has 8 nitrogen and oxygen atoms in total. The fourth-order valence-electron chi connectivity index (χ4n) is 3.63. The number of rotatable bonds is 6. The van der Waals surface area contributed by atoms with E-state index in [1.54, 1.807) is 25.1 Å². The number of amides is 1. The molecule has 172 valence electrons. The van der Waals surface area contributed by atoms with Crippen LogP contribution in [0.5, 0.6) is 0 Å². The molecule has 0 bridgehead atoms. The topological polar surface area (TPSA) is 102 Å². The minimum atomic E-state index is -3.70. The number of nitrogens with one attached hydrogen (secondary N) is 1. The average Bonchev–Trinajstić information content (AvgIpc) is 2.84. The van der Waals surface area contributed by atoms with Crippen LogP contribution in [-0.4, -0.2) is 57.5 Å². The van der Waals surface area contributed by atoms with Crippen molar-refractivity contribution in [1.82, 2.24) is 4.31 Å². The van der Waals surface area contributed by atoms with Gasteiger partial charge < -0.3 is 14.8 Å². The lowest BCUT2D eigenvalue weighted by Gasteiger charge is -2.26. The summed E-state index contributed by atoms with van der Waals surface area (Å²) in [5.41, 5.74) is 1.40. The van der Waals surface area contributed by atoms with Gasteiger partial charge in [-0.25, -0.2) is 13.2 Å². The number of fused-ring (bicyclic) bond motifs is 1. The predicted octanol–water partition coefficient (Wildman–Crippen LogP) is 2.96. The van der Waals surface area contributed by atoms with E-state index in [4.69, 9.17) is 9.47 Å². The number of carbonyl (C=O) groups is 2. The van der Waals surface area contributed by atoms with Gasteiger partial charge in [0.05, 0.1) is 23.7 Å². The molecule has 3 aromatic rings. The molecule has 1 heterocycles. The Morgan fingerprint density at radius 1 is 1.03 bits per heavy atom. The largest absolute Gasteiger partial charge is 0.452 e. The lowest BCUT2D eigenvalue weighted by Crippen LogP contribution is -2.40. The van der Waals surface area contributed by atoms with Crippen LogP contribution in [-0.2, 0) is 24.3 Å². The Morgan fingerprint density at radius 2 is 1.76 bits per heavy atom. The summed E-state index contributed by atoms with van der Waals surface area (Å²) in [6.45, 7) is 2.50. The number of carbonyl (C=O) groups excluding carboxylic acids is 2. The summed E-state index contributed by atoms with van der Waals surface area (Å²) in [6, 6.07) is 17.3. The normalized spacial score (nSPS) is 14.7. The monoisotopic (exact) mass is 468 g/mol. The Balaban J connectivity index is 1.44. The van der Waals surface area contributed by atoms with Gasteiger partial charge in [0.2, 0.25) is 10.0 Å². The Morgan fingerprint density at radius 3 is 2.55 bits per heavy atom. The van der Waals surface area contributed by atoms with E-state index in [0.29, 0.717) is 30.0 Å². The highest BCUT2D eigenvalue weighted by Gasteiger charge is 2.27. The minimum absolute atomic E-state index is 0.0815. The van der Waals surface area contributed by atoms with E-state index in [0.717, 1.165) is 10.8 Å². The van der Waals surface area contributed by atoms with Gasteiger partial charge in [0.25, 0.3) is 5.91 Å². The summed E-state index contributed by atoms with van der Waals surface area (Å²) in [5, 5.41) is 4.28. The van der Waals surface area contributed by atoms with E-state index in [-0.39, 0.29) is 18.0 Å². The summed E-state index contributed by atoms with van der Waals surface area (Å²) in [4.78, 5) is 25.1. The molecule has 1 N–H and O–H groups in total. The predicted molar refractivity (Wildman–Crippen MR) is 124 cm³/mol. The van der Waals surface area contributed by atoms with Gasteiger partial charge in [0, 0.05) is 18.8 Å². The van der Waals surface area contributed by atoms with Crippen LogP contribution in [0.3, 0.4) is 0 Å². The van der Waals surface area contributed by atoms with E-state index < -0.39 is 28.5 Å². The van der Waals surface area contributed by atoms with E-state index in [1.807, 2.05) is 30.3 Å². The molecule has 1 aliphatic heterocycles. The fraction of sp³-hybridized carbons (Fsp3) is 0.250. The molecule has 1 saturated heterocycles. The molecule has 0 aromatic heterocycles. The summed E-state index contributed by atoms with van der Waals surface area (Å²) in [7, 11) is -3.70. The Bertz CT molecular complexity index is 1290. The van der Waals surface area contributed by atoms with Crippen LogP contribution in [0, 0.1) is 6.92 Å². The molecule has 0 atom stereocenters. The maximum atomic E-state index is 12.9. The van der Waals surface area contributed by atoms with Crippen LogP contribution in [0.25, 0.3) is 10.8 Å². The molecule has 0 saturated carbocycles. The average molecular weight is 469 g/mol. The van der Waals surface area contributed by atoms with Crippen molar-refractivity contribution in [3.63, 3.8) is 0 Å². The lowest BCUT2D eigenvalue weighted by molar-refractivity contribution is -0.119. The van der Waals surface area contributed by atoms with Crippen LogP contribution in [0.1, 0.15) is 15.9 Å². The number of benzene rings is 3. The van der Waals surface area contributed by atoms with Gasteiger partial charge in [0.1, 0.15) is 0 Å². The molecule has 0 unspecified atom stereocenters. The number of morpholine rings is 1. The molecule has 3 aromatic carbocycles. The molecule has 0 spiro atoms. The summed E-state index contributed by atoms with van der Waals surface area (Å²) < 4.78 is 37.6. The van der Waals surface area contributed by atoms with Crippen molar-refractivity contribution in [1.29, 1.82) is 0 Å². The van der Waals surface area contributed by atoms with Gasteiger partial charge >= 0.3 is 5.97 Å². The zero-order valence-corrected chi connectivity index (χ0v) is 18.9. The molecule has 4 rings (SSSR count). The quantitative estimate of drug-likeness (QED) is 0.558. The standard InChI is InChI=1S/C24H24N2O6S/c1-17-9-10-19(33(29,30)26-11-13-31-14-12-26)15-22(17)25-23(27)16-32-24(28)21-8-4-6-18-5-2-3-7-20(18)21/h2-10,15H,11-14,16H2,1H3,(H,25,27). The van der Waals surface area contributed by atoms with E-state index in [9.17, 15) is 18.0 Å². The highest BCUT2D eigenvalue weighted by Crippen LogP contribution is 2.24. The van der Waals surface area contributed by atoms with Crippen molar-refractivity contribution in [3.8, 4) is 0 Å². The first-order valence-electron chi connectivity index (χ1n) is 10.5. The smallest absolute Gasteiger partial charge is 0.339 e. The fourth-order valence-corrected chi connectivity index (χ4v) is 5.07. The maximum absolute atomic E-state index is 12.9. The van der Waals surface area contributed by atoms with Gasteiger partial charge in [0.15, 0.2) is 6.61 Å². The maximum Gasteiger partial charge on any atom is 0.339 e. The molecule has 0 aliphatic carbocycles. The third-order valence-corrected chi connectivity index (χ3v) is 7.33. The molecule has 33 heavy (non-hydrogen) atoms. The van der Waals surface area contributed by atoms with Gasteiger partial charge in [-0.05, 0) is 41.5 Å². The molecule has 0 radical (unpaired) electrons. The zero-order chi connectivity index (χ0) is 23.4. The number of nitrogens with zero attached hydrogens (tertiary/aromatic N) is 1. The molecule has 1 amide bonds.